The number of hydrogen-bond donors (Lipinski definition) is 1. The highest BCUT2D eigenvalue weighted by molar-refractivity contribution is 5.94. The molecule has 0 aromatic heterocycles. The Morgan fingerprint density at radius 3 is 2.44 bits per heavy atom. The zero-order valence-corrected chi connectivity index (χ0v) is 13.6. The number of ether oxygens (including phenoxy) is 1. The zero-order valence-electron chi connectivity index (χ0n) is 13.6. The maximum absolute atomic E-state index is 11.2. The number of rotatable bonds is 6. The smallest absolute Gasteiger partial charge is 0.248 e. The van der Waals surface area contributed by atoms with Gasteiger partial charge in [0.25, 0.3) is 0 Å². The van der Waals surface area contributed by atoms with Gasteiger partial charge in [-0.05, 0) is 53.6 Å². The van der Waals surface area contributed by atoms with Crippen LogP contribution in [0.1, 0.15) is 21.5 Å². The fourth-order valence-corrected chi connectivity index (χ4v) is 2.28. The summed E-state index contributed by atoms with van der Waals surface area (Å²) >= 11 is 0. The number of aliphatic imine (C=N–C) groups is 1. The number of nitrogens with two attached hydrogens (primary N) is 1. The first-order valence-electron chi connectivity index (χ1n) is 7.91. The second-order valence-electron chi connectivity index (χ2n) is 5.52. The molecule has 0 unspecified atom stereocenters. The molecular formula is C21H18N2O2. The number of carbonyl (C=O) groups is 1. The fourth-order valence-electron chi connectivity index (χ4n) is 2.28. The van der Waals surface area contributed by atoms with Crippen LogP contribution in [0.2, 0.25) is 0 Å². The second-order valence-corrected chi connectivity index (χ2v) is 5.52. The highest BCUT2D eigenvalue weighted by Gasteiger charge is 2.00. The number of amides is 1. The molecule has 25 heavy (non-hydrogen) atoms. The van der Waals surface area contributed by atoms with Gasteiger partial charge < -0.3 is 10.5 Å². The summed E-state index contributed by atoms with van der Waals surface area (Å²) in [6.45, 7) is 0.536. The van der Waals surface area contributed by atoms with Gasteiger partial charge in [-0.15, -0.1) is 0 Å². The highest BCUT2D eigenvalue weighted by Crippen LogP contribution is 2.16. The Balaban J connectivity index is 1.62. The summed E-state index contributed by atoms with van der Waals surface area (Å²) in [7, 11) is 0. The van der Waals surface area contributed by atoms with Crippen LogP contribution in [-0.4, -0.2) is 12.1 Å². The molecule has 3 aromatic carbocycles. The van der Waals surface area contributed by atoms with E-state index in [0.29, 0.717) is 17.9 Å². The van der Waals surface area contributed by atoms with Crippen molar-refractivity contribution in [3.8, 4) is 5.75 Å². The molecule has 0 aliphatic rings. The largest absolute Gasteiger partial charge is 0.489 e. The first kappa shape index (κ1) is 16.5. The van der Waals surface area contributed by atoms with Crippen molar-refractivity contribution in [1.82, 2.24) is 0 Å². The van der Waals surface area contributed by atoms with Crippen LogP contribution in [0.5, 0.6) is 5.75 Å². The summed E-state index contributed by atoms with van der Waals surface area (Å²) in [6.07, 6.45) is 1.74. The van der Waals surface area contributed by atoms with Crippen LogP contribution in [0.4, 0.5) is 5.69 Å². The minimum atomic E-state index is -0.461. The summed E-state index contributed by atoms with van der Waals surface area (Å²) < 4.78 is 5.76. The maximum atomic E-state index is 11.2. The van der Waals surface area contributed by atoms with Gasteiger partial charge in [0.05, 0.1) is 5.69 Å². The minimum Gasteiger partial charge on any atom is -0.489 e. The summed E-state index contributed by atoms with van der Waals surface area (Å²) in [6, 6.07) is 24.6. The number of hydrogen-bond acceptors (Lipinski definition) is 3. The Bertz CT molecular complexity index is 872. The number of benzene rings is 3. The molecular weight excluding hydrogens is 312 g/mol. The van der Waals surface area contributed by atoms with Crippen molar-refractivity contribution in [2.24, 2.45) is 10.7 Å². The van der Waals surface area contributed by atoms with E-state index in [0.717, 1.165) is 16.9 Å². The molecule has 1 amide bonds. The predicted octanol–water partition coefficient (Wildman–Crippen LogP) is 4.12. The van der Waals surface area contributed by atoms with Crippen LogP contribution < -0.4 is 10.5 Å². The van der Waals surface area contributed by atoms with E-state index in [1.807, 2.05) is 60.7 Å². The molecule has 0 saturated carbocycles. The standard InChI is InChI=1S/C21H18N2O2/c22-21(24)18-7-4-8-19(13-18)23-14-16-9-11-20(12-10-16)25-15-17-5-2-1-3-6-17/h1-14H,15H2,(H2,22,24). The van der Waals surface area contributed by atoms with Crippen LogP contribution in [-0.2, 0) is 6.61 Å². The van der Waals surface area contributed by atoms with E-state index in [9.17, 15) is 4.79 Å². The maximum Gasteiger partial charge on any atom is 0.248 e. The Morgan fingerprint density at radius 1 is 0.960 bits per heavy atom. The fraction of sp³-hybridized carbons (Fsp3) is 0.0476. The highest BCUT2D eigenvalue weighted by atomic mass is 16.5. The molecule has 4 nitrogen and oxygen atoms in total. The molecule has 3 rings (SSSR count). The van der Waals surface area contributed by atoms with Gasteiger partial charge in [-0.3, -0.25) is 9.79 Å². The zero-order chi connectivity index (χ0) is 17.5. The van der Waals surface area contributed by atoms with Gasteiger partial charge in [0, 0.05) is 11.8 Å². The quantitative estimate of drug-likeness (QED) is 0.691. The van der Waals surface area contributed by atoms with Gasteiger partial charge in [0.15, 0.2) is 0 Å². The molecule has 124 valence electrons. The lowest BCUT2D eigenvalue weighted by Crippen LogP contribution is -2.10. The van der Waals surface area contributed by atoms with Crippen LogP contribution >= 0.6 is 0 Å². The molecule has 0 radical (unpaired) electrons. The SMILES string of the molecule is NC(=O)c1cccc(N=Cc2ccc(OCc3ccccc3)cc2)c1. The summed E-state index contributed by atoms with van der Waals surface area (Å²) in [4.78, 5) is 15.6. The molecule has 0 heterocycles. The number of carbonyl (C=O) groups excluding carboxylic acids is 1. The average molecular weight is 330 g/mol. The molecule has 0 bridgehead atoms. The first-order valence-corrected chi connectivity index (χ1v) is 7.91. The normalized spacial score (nSPS) is 10.7. The molecule has 4 heteroatoms. The van der Waals surface area contributed by atoms with Crippen LogP contribution in [0.3, 0.4) is 0 Å². The third kappa shape index (κ3) is 4.78. The van der Waals surface area contributed by atoms with Crippen LogP contribution in [0.25, 0.3) is 0 Å². The first-order chi connectivity index (χ1) is 12.2. The summed E-state index contributed by atoms with van der Waals surface area (Å²) in [5.41, 5.74) is 8.47. The molecule has 3 aromatic rings. The molecule has 0 spiro atoms. The van der Waals surface area contributed by atoms with Gasteiger partial charge in [0.2, 0.25) is 5.91 Å². The number of nitrogens with zero attached hydrogens (tertiary/aromatic N) is 1. The minimum absolute atomic E-state index is 0.444. The molecule has 2 N–H and O–H groups in total. The van der Waals surface area contributed by atoms with Gasteiger partial charge in [-0.1, -0.05) is 36.4 Å². The lowest BCUT2D eigenvalue weighted by Gasteiger charge is -2.06. The van der Waals surface area contributed by atoms with Gasteiger partial charge in [-0.25, -0.2) is 0 Å². The third-order valence-electron chi connectivity index (χ3n) is 3.62. The van der Waals surface area contributed by atoms with E-state index in [1.54, 1.807) is 24.4 Å². The van der Waals surface area contributed by atoms with Gasteiger partial charge in [0.1, 0.15) is 12.4 Å². The van der Waals surface area contributed by atoms with Crippen molar-refractivity contribution < 1.29 is 9.53 Å². The Morgan fingerprint density at radius 2 is 1.72 bits per heavy atom. The Kier molecular flexibility index (Phi) is 5.22. The van der Waals surface area contributed by atoms with Crippen molar-refractivity contribution in [2.45, 2.75) is 6.61 Å². The molecule has 0 aliphatic carbocycles. The monoisotopic (exact) mass is 330 g/mol. The van der Waals surface area contributed by atoms with E-state index in [4.69, 9.17) is 10.5 Å². The summed E-state index contributed by atoms with van der Waals surface area (Å²) in [5.74, 6) is 0.341. The van der Waals surface area contributed by atoms with Crippen molar-refractivity contribution in [2.75, 3.05) is 0 Å². The van der Waals surface area contributed by atoms with Crippen molar-refractivity contribution >= 4 is 17.8 Å². The second kappa shape index (κ2) is 7.93. The number of primary amides is 1. The average Bonchev–Trinajstić information content (AvgIpc) is 2.66. The van der Waals surface area contributed by atoms with E-state index < -0.39 is 5.91 Å². The van der Waals surface area contributed by atoms with Crippen molar-refractivity contribution in [3.63, 3.8) is 0 Å². The lowest BCUT2D eigenvalue weighted by molar-refractivity contribution is 0.100. The van der Waals surface area contributed by atoms with Gasteiger partial charge >= 0.3 is 0 Å². The van der Waals surface area contributed by atoms with Crippen molar-refractivity contribution in [3.05, 3.63) is 95.6 Å². The Labute approximate surface area is 146 Å². The van der Waals surface area contributed by atoms with Crippen LogP contribution in [0.15, 0.2) is 83.9 Å². The van der Waals surface area contributed by atoms with E-state index in [2.05, 4.69) is 4.99 Å². The molecule has 0 fully saturated rings. The molecule has 0 saturated heterocycles. The Hall–Kier alpha value is -3.40. The summed E-state index contributed by atoms with van der Waals surface area (Å²) in [5, 5.41) is 0. The third-order valence-corrected chi connectivity index (χ3v) is 3.62. The molecule has 0 aliphatic heterocycles. The van der Waals surface area contributed by atoms with E-state index in [-0.39, 0.29) is 0 Å². The van der Waals surface area contributed by atoms with E-state index >= 15 is 0 Å². The van der Waals surface area contributed by atoms with Crippen LogP contribution in [0, 0.1) is 0 Å². The molecule has 0 atom stereocenters. The van der Waals surface area contributed by atoms with Crippen molar-refractivity contribution in [1.29, 1.82) is 0 Å². The van der Waals surface area contributed by atoms with Gasteiger partial charge in [-0.2, -0.15) is 0 Å². The van der Waals surface area contributed by atoms with E-state index in [1.165, 1.54) is 0 Å². The lowest BCUT2D eigenvalue weighted by atomic mass is 10.2. The predicted molar refractivity (Wildman–Crippen MR) is 99.4 cm³/mol. The topological polar surface area (TPSA) is 64.7 Å².